The summed E-state index contributed by atoms with van der Waals surface area (Å²) in [6, 6.07) is 18.3. The van der Waals surface area contributed by atoms with E-state index >= 15 is 0 Å². The quantitative estimate of drug-likeness (QED) is 0.299. The van der Waals surface area contributed by atoms with Crippen molar-refractivity contribution in [2.45, 2.75) is 88.9 Å². The zero-order valence-electron chi connectivity index (χ0n) is 18.2. The van der Waals surface area contributed by atoms with Crippen molar-refractivity contribution >= 4 is 21.6 Å². The van der Waals surface area contributed by atoms with Gasteiger partial charge in [-0.05, 0) is 72.9 Å². The summed E-state index contributed by atoms with van der Waals surface area (Å²) in [4.78, 5) is 2.68. The average molecular weight is 415 g/mol. The molecule has 0 aliphatic carbocycles. The first-order valence-electron chi connectivity index (χ1n) is 11.1. The summed E-state index contributed by atoms with van der Waals surface area (Å²) in [5.74, 6) is 1.72. The van der Waals surface area contributed by atoms with E-state index in [4.69, 9.17) is 0 Å². The molecule has 0 spiro atoms. The number of aryl methyl sites for hydroxylation is 2. The van der Waals surface area contributed by atoms with Gasteiger partial charge in [0, 0.05) is 9.79 Å². The first-order valence-corrected chi connectivity index (χ1v) is 13.3. The highest BCUT2D eigenvalue weighted by molar-refractivity contribution is 8.76. The molecule has 2 heteroatoms. The fourth-order valence-electron chi connectivity index (χ4n) is 3.24. The summed E-state index contributed by atoms with van der Waals surface area (Å²) < 4.78 is 0. The second kappa shape index (κ2) is 13.4. The van der Waals surface area contributed by atoms with Gasteiger partial charge in [-0.1, -0.05) is 99.2 Å². The zero-order valence-corrected chi connectivity index (χ0v) is 19.9. The van der Waals surface area contributed by atoms with Crippen LogP contribution in [-0.4, -0.2) is 0 Å². The van der Waals surface area contributed by atoms with Crippen LogP contribution in [0.1, 0.15) is 77.3 Å². The number of hydrogen-bond donors (Lipinski definition) is 0. The molecule has 0 aromatic heterocycles. The predicted molar refractivity (Wildman–Crippen MR) is 129 cm³/mol. The summed E-state index contributed by atoms with van der Waals surface area (Å²) in [6.45, 7) is 9.29. The van der Waals surface area contributed by atoms with Gasteiger partial charge < -0.3 is 0 Å². The van der Waals surface area contributed by atoms with Gasteiger partial charge in [0.15, 0.2) is 0 Å². The fraction of sp³-hybridized carbons (Fsp3) is 0.538. The van der Waals surface area contributed by atoms with E-state index in [0.717, 1.165) is 11.8 Å². The molecule has 154 valence electrons. The Hall–Kier alpha value is -0.860. The third kappa shape index (κ3) is 9.09. The van der Waals surface area contributed by atoms with Gasteiger partial charge in [-0.25, -0.2) is 0 Å². The maximum Gasteiger partial charge on any atom is 0.0186 e. The SMILES string of the molecule is CCC(C)CCCc1ccc(SSc2ccc(CCCC(C)CC)cc2)cc1. The Bertz CT molecular complexity index is 586. The molecule has 0 saturated carbocycles. The Morgan fingerprint density at radius 3 is 1.29 bits per heavy atom. The van der Waals surface area contributed by atoms with Crippen molar-refractivity contribution in [3.63, 3.8) is 0 Å². The maximum atomic E-state index is 2.36. The van der Waals surface area contributed by atoms with Crippen molar-refractivity contribution in [3.05, 3.63) is 59.7 Å². The molecule has 28 heavy (non-hydrogen) atoms. The fourth-order valence-corrected chi connectivity index (χ4v) is 5.17. The molecule has 2 rings (SSSR count). The lowest BCUT2D eigenvalue weighted by molar-refractivity contribution is 0.495. The Morgan fingerprint density at radius 2 is 0.964 bits per heavy atom. The van der Waals surface area contributed by atoms with E-state index in [2.05, 4.69) is 76.2 Å². The maximum absolute atomic E-state index is 2.36. The molecule has 0 amide bonds. The van der Waals surface area contributed by atoms with E-state index in [1.807, 2.05) is 21.6 Å². The van der Waals surface area contributed by atoms with Crippen molar-refractivity contribution < 1.29 is 0 Å². The lowest BCUT2D eigenvalue weighted by atomic mass is 9.99. The van der Waals surface area contributed by atoms with Crippen molar-refractivity contribution in [2.75, 3.05) is 0 Å². The molecule has 2 aromatic rings. The summed E-state index contributed by atoms with van der Waals surface area (Å²) in [7, 11) is 3.72. The van der Waals surface area contributed by atoms with Gasteiger partial charge >= 0.3 is 0 Å². The van der Waals surface area contributed by atoms with Crippen LogP contribution < -0.4 is 0 Å². The molecular weight excluding hydrogens is 376 g/mol. The minimum atomic E-state index is 0.859. The summed E-state index contributed by atoms with van der Waals surface area (Å²) in [6.07, 6.45) is 10.3. The van der Waals surface area contributed by atoms with Crippen LogP contribution in [0, 0.1) is 11.8 Å². The molecule has 0 aliphatic heterocycles. The topological polar surface area (TPSA) is 0 Å². The van der Waals surface area contributed by atoms with Crippen molar-refractivity contribution in [2.24, 2.45) is 11.8 Å². The summed E-state index contributed by atoms with van der Waals surface area (Å²) in [5, 5.41) is 0. The minimum absolute atomic E-state index is 0.859. The molecular formula is C26H38S2. The average Bonchev–Trinajstić information content (AvgIpc) is 2.73. The normalized spacial score (nSPS) is 13.4. The van der Waals surface area contributed by atoms with Crippen molar-refractivity contribution in [3.8, 4) is 0 Å². The van der Waals surface area contributed by atoms with E-state index in [9.17, 15) is 0 Å². The first-order chi connectivity index (χ1) is 13.6. The Balaban J connectivity index is 1.71. The van der Waals surface area contributed by atoms with Crippen LogP contribution in [-0.2, 0) is 12.8 Å². The van der Waals surface area contributed by atoms with Crippen LogP contribution in [0.25, 0.3) is 0 Å². The molecule has 0 saturated heterocycles. The van der Waals surface area contributed by atoms with Crippen LogP contribution in [0.5, 0.6) is 0 Å². The van der Waals surface area contributed by atoms with E-state index in [-0.39, 0.29) is 0 Å². The second-order valence-corrected chi connectivity index (χ2v) is 10.5. The molecule has 2 atom stereocenters. The molecule has 0 fully saturated rings. The van der Waals surface area contributed by atoms with Gasteiger partial charge in [0.1, 0.15) is 0 Å². The predicted octanol–water partition coefficient (Wildman–Crippen LogP) is 9.22. The third-order valence-electron chi connectivity index (χ3n) is 5.80. The van der Waals surface area contributed by atoms with Crippen LogP contribution in [0.3, 0.4) is 0 Å². The zero-order chi connectivity index (χ0) is 20.2. The smallest absolute Gasteiger partial charge is 0.0186 e. The van der Waals surface area contributed by atoms with E-state index in [1.165, 1.54) is 72.3 Å². The first kappa shape index (κ1) is 23.4. The van der Waals surface area contributed by atoms with Crippen LogP contribution in [0.15, 0.2) is 58.3 Å². The highest BCUT2D eigenvalue weighted by atomic mass is 33.1. The Labute approximate surface area is 181 Å². The Morgan fingerprint density at radius 1 is 0.607 bits per heavy atom. The van der Waals surface area contributed by atoms with Gasteiger partial charge in [-0.15, -0.1) is 0 Å². The van der Waals surface area contributed by atoms with Crippen molar-refractivity contribution in [1.82, 2.24) is 0 Å². The molecule has 0 N–H and O–H groups in total. The minimum Gasteiger partial charge on any atom is -0.0651 e. The highest BCUT2D eigenvalue weighted by Gasteiger charge is 2.03. The molecule has 0 bridgehead atoms. The van der Waals surface area contributed by atoms with Gasteiger partial charge in [-0.2, -0.15) is 0 Å². The van der Waals surface area contributed by atoms with Crippen LogP contribution >= 0.6 is 21.6 Å². The molecule has 0 aliphatic rings. The monoisotopic (exact) mass is 414 g/mol. The van der Waals surface area contributed by atoms with E-state index < -0.39 is 0 Å². The van der Waals surface area contributed by atoms with E-state index in [0.29, 0.717) is 0 Å². The molecule has 0 heterocycles. The number of rotatable bonds is 13. The summed E-state index contributed by atoms with van der Waals surface area (Å²) in [5.41, 5.74) is 2.94. The summed E-state index contributed by atoms with van der Waals surface area (Å²) >= 11 is 0. The molecule has 0 radical (unpaired) electrons. The van der Waals surface area contributed by atoms with Gasteiger partial charge in [0.25, 0.3) is 0 Å². The number of benzene rings is 2. The van der Waals surface area contributed by atoms with Gasteiger partial charge in [0.05, 0.1) is 0 Å². The lowest BCUT2D eigenvalue weighted by Gasteiger charge is -2.09. The Kier molecular flexibility index (Phi) is 11.2. The highest BCUT2D eigenvalue weighted by Crippen LogP contribution is 2.37. The van der Waals surface area contributed by atoms with E-state index in [1.54, 1.807) is 0 Å². The third-order valence-corrected chi connectivity index (χ3v) is 8.22. The molecule has 2 aromatic carbocycles. The molecule has 2 unspecified atom stereocenters. The van der Waals surface area contributed by atoms with Crippen LogP contribution in [0.4, 0.5) is 0 Å². The molecule has 0 nitrogen and oxygen atoms in total. The van der Waals surface area contributed by atoms with Gasteiger partial charge in [-0.3, -0.25) is 0 Å². The van der Waals surface area contributed by atoms with Gasteiger partial charge in [0.2, 0.25) is 0 Å². The lowest BCUT2D eigenvalue weighted by Crippen LogP contribution is -1.94. The largest absolute Gasteiger partial charge is 0.0651 e. The van der Waals surface area contributed by atoms with Crippen molar-refractivity contribution in [1.29, 1.82) is 0 Å². The number of hydrogen-bond acceptors (Lipinski definition) is 2. The van der Waals surface area contributed by atoms with Crippen LogP contribution in [0.2, 0.25) is 0 Å². The standard InChI is InChI=1S/C26H38S2/c1-5-21(3)9-7-11-23-13-17-25(18-14-23)27-28-26-19-15-24(16-20-26)12-8-10-22(4)6-2/h13-22H,5-12H2,1-4H3. The second-order valence-electron chi connectivity index (χ2n) is 8.27.